The van der Waals surface area contributed by atoms with Crippen LogP contribution in [0.2, 0.25) is 5.02 Å². The Morgan fingerprint density at radius 3 is 2.62 bits per heavy atom. The van der Waals surface area contributed by atoms with Crippen LogP contribution in [0.15, 0.2) is 43.0 Å². The molecule has 0 bridgehead atoms. The van der Waals surface area contributed by atoms with Gasteiger partial charge in [-0.05, 0) is 29.7 Å². The molecule has 1 aliphatic rings. The Morgan fingerprint density at radius 1 is 1.31 bits per heavy atom. The first-order valence-corrected chi connectivity index (χ1v) is 5.95. The average molecular weight is 234 g/mol. The second-order valence-electron chi connectivity index (χ2n) is 4.03. The van der Waals surface area contributed by atoms with Crippen molar-refractivity contribution in [2.45, 2.75) is 6.42 Å². The van der Waals surface area contributed by atoms with Gasteiger partial charge in [-0.15, -0.1) is 6.58 Å². The van der Waals surface area contributed by atoms with Crippen LogP contribution in [0.5, 0.6) is 0 Å². The van der Waals surface area contributed by atoms with Gasteiger partial charge in [0.05, 0.1) is 0 Å². The molecule has 1 aromatic rings. The summed E-state index contributed by atoms with van der Waals surface area (Å²) in [6.07, 6.45) is 5.37. The molecule has 1 aromatic carbocycles. The van der Waals surface area contributed by atoms with Gasteiger partial charge in [-0.3, -0.25) is 4.90 Å². The van der Waals surface area contributed by atoms with E-state index in [4.69, 9.17) is 11.6 Å². The van der Waals surface area contributed by atoms with Crippen LogP contribution in [0.3, 0.4) is 0 Å². The lowest BCUT2D eigenvalue weighted by atomic mass is 10.00. The summed E-state index contributed by atoms with van der Waals surface area (Å²) in [7, 11) is 0. The van der Waals surface area contributed by atoms with Crippen LogP contribution in [0.4, 0.5) is 0 Å². The van der Waals surface area contributed by atoms with Crippen LogP contribution in [0, 0.1) is 0 Å². The Balaban J connectivity index is 2.07. The average Bonchev–Trinajstić information content (AvgIpc) is 2.32. The van der Waals surface area contributed by atoms with Crippen LogP contribution in [-0.2, 0) is 0 Å². The van der Waals surface area contributed by atoms with Crippen LogP contribution in [0.25, 0.3) is 5.57 Å². The molecular weight excluding hydrogens is 218 g/mol. The first-order chi connectivity index (χ1) is 7.79. The fourth-order valence-electron chi connectivity index (χ4n) is 1.99. The Kier molecular flexibility index (Phi) is 3.81. The smallest absolute Gasteiger partial charge is 0.0406 e. The standard InChI is InChI=1S/C14H16ClN/c1-2-9-16-10-7-13(8-11-16)12-3-5-14(15)6-4-12/h2-7H,1,8-11H2. The molecule has 0 atom stereocenters. The quantitative estimate of drug-likeness (QED) is 0.721. The molecule has 0 aliphatic carbocycles. The summed E-state index contributed by atoms with van der Waals surface area (Å²) >= 11 is 5.88. The van der Waals surface area contributed by atoms with E-state index >= 15 is 0 Å². The number of halogens is 1. The molecule has 0 saturated carbocycles. The number of rotatable bonds is 3. The zero-order valence-electron chi connectivity index (χ0n) is 9.32. The summed E-state index contributed by atoms with van der Waals surface area (Å²) in [5.74, 6) is 0. The van der Waals surface area contributed by atoms with Crippen molar-refractivity contribution in [2.24, 2.45) is 0 Å². The van der Waals surface area contributed by atoms with E-state index in [1.54, 1.807) is 0 Å². The number of hydrogen-bond acceptors (Lipinski definition) is 1. The Labute approximate surface area is 102 Å². The lowest BCUT2D eigenvalue weighted by Gasteiger charge is -2.25. The highest BCUT2D eigenvalue weighted by atomic mass is 35.5. The van der Waals surface area contributed by atoms with Gasteiger partial charge in [-0.2, -0.15) is 0 Å². The number of benzene rings is 1. The van der Waals surface area contributed by atoms with Gasteiger partial charge in [-0.1, -0.05) is 35.9 Å². The first-order valence-electron chi connectivity index (χ1n) is 5.58. The summed E-state index contributed by atoms with van der Waals surface area (Å²) in [4.78, 5) is 2.38. The normalized spacial score (nSPS) is 16.9. The third kappa shape index (κ3) is 2.75. The molecule has 0 unspecified atom stereocenters. The summed E-state index contributed by atoms with van der Waals surface area (Å²) in [6, 6.07) is 8.09. The van der Waals surface area contributed by atoms with E-state index in [9.17, 15) is 0 Å². The number of nitrogens with zero attached hydrogens (tertiary/aromatic N) is 1. The Hall–Kier alpha value is -1.05. The van der Waals surface area contributed by atoms with Crippen LogP contribution in [-0.4, -0.2) is 24.5 Å². The highest BCUT2D eigenvalue weighted by Gasteiger charge is 2.11. The van der Waals surface area contributed by atoms with E-state index in [0.29, 0.717) is 0 Å². The van der Waals surface area contributed by atoms with Crippen LogP contribution < -0.4 is 0 Å². The molecule has 2 heteroatoms. The van der Waals surface area contributed by atoms with Gasteiger partial charge in [0.1, 0.15) is 0 Å². The monoisotopic (exact) mass is 233 g/mol. The molecule has 0 spiro atoms. The van der Waals surface area contributed by atoms with E-state index < -0.39 is 0 Å². The zero-order chi connectivity index (χ0) is 11.4. The molecule has 0 amide bonds. The molecule has 0 fully saturated rings. The molecule has 0 saturated heterocycles. The predicted molar refractivity (Wildman–Crippen MR) is 70.7 cm³/mol. The van der Waals surface area contributed by atoms with Crippen molar-refractivity contribution in [2.75, 3.05) is 19.6 Å². The summed E-state index contributed by atoms with van der Waals surface area (Å²) in [5, 5.41) is 0.799. The maximum absolute atomic E-state index is 5.88. The van der Waals surface area contributed by atoms with Crippen molar-refractivity contribution < 1.29 is 0 Å². The largest absolute Gasteiger partial charge is 0.296 e. The maximum atomic E-state index is 5.88. The molecule has 1 heterocycles. The van der Waals surface area contributed by atoms with Gasteiger partial charge in [0.15, 0.2) is 0 Å². The van der Waals surface area contributed by atoms with E-state index in [-0.39, 0.29) is 0 Å². The van der Waals surface area contributed by atoms with Crippen molar-refractivity contribution in [3.63, 3.8) is 0 Å². The van der Waals surface area contributed by atoms with Crippen LogP contribution >= 0.6 is 11.6 Å². The summed E-state index contributed by atoms with van der Waals surface area (Å²) in [6.45, 7) is 6.87. The van der Waals surface area contributed by atoms with E-state index in [2.05, 4.69) is 29.7 Å². The second-order valence-corrected chi connectivity index (χ2v) is 4.47. The van der Waals surface area contributed by atoms with Crippen molar-refractivity contribution in [3.05, 3.63) is 53.6 Å². The third-order valence-electron chi connectivity index (χ3n) is 2.90. The highest BCUT2D eigenvalue weighted by molar-refractivity contribution is 6.30. The molecule has 2 rings (SSSR count). The highest BCUT2D eigenvalue weighted by Crippen LogP contribution is 2.23. The van der Waals surface area contributed by atoms with E-state index in [0.717, 1.165) is 31.1 Å². The third-order valence-corrected chi connectivity index (χ3v) is 3.15. The topological polar surface area (TPSA) is 3.24 Å². The summed E-state index contributed by atoms with van der Waals surface area (Å²) in [5.41, 5.74) is 2.72. The van der Waals surface area contributed by atoms with Gasteiger partial charge in [-0.25, -0.2) is 0 Å². The minimum atomic E-state index is 0.799. The predicted octanol–water partition coefficient (Wildman–Crippen LogP) is 3.62. The van der Waals surface area contributed by atoms with Gasteiger partial charge < -0.3 is 0 Å². The van der Waals surface area contributed by atoms with Crippen molar-refractivity contribution in [1.82, 2.24) is 4.90 Å². The summed E-state index contributed by atoms with van der Waals surface area (Å²) < 4.78 is 0. The van der Waals surface area contributed by atoms with Gasteiger partial charge in [0.2, 0.25) is 0 Å². The zero-order valence-corrected chi connectivity index (χ0v) is 10.1. The Morgan fingerprint density at radius 2 is 2.06 bits per heavy atom. The van der Waals surface area contributed by atoms with Crippen LogP contribution in [0.1, 0.15) is 12.0 Å². The second kappa shape index (κ2) is 5.33. The fraction of sp³-hybridized carbons (Fsp3) is 0.286. The molecule has 84 valence electrons. The van der Waals surface area contributed by atoms with Crippen molar-refractivity contribution in [1.29, 1.82) is 0 Å². The van der Waals surface area contributed by atoms with Gasteiger partial charge >= 0.3 is 0 Å². The molecule has 0 N–H and O–H groups in total. The molecule has 0 aromatic heterocycles. The Bertz CT molecular complexity index is 392. The fourth-order valence-corrected chi connectivity index (χ4v) is 2.11. The number of hydrogen-bond donors (Lipinski definition) is 0. The molecular formula is C14H16ClN. The minimum absolute atomic E-state index is 0.799. The van der Waals surface area contributed by atoms with E-state index in [1.807, 2.05) is 18.2 Å². The van der Waals surface area contributed by atoms with Gasteiger partial charge in [0, 0.05) is 24.7 Å². The van der Waals surface area contributed by atoms with E-state index in [1.165, 1.54) is 11.1 Å². The first kappa shape index (κ1) is 11.4. The minimum Gasteiger partial charge on any atom is -0.296 e. The SMILES string of the molecule is C=CCN1CC=C(c2ccc(Cl)cc2)CC1. The molecule has 16 heavy (non-hydrogen) atoms. The molecule has 0 radical (unpaired) electrons. The maximum Gasteiger partial charge on any atom is 0.0406 e. The van der Waals surface area contributed by atoms with Crippen molar-refractivity contribution >= 4 is 17.2 Å². The molecule has 1 aliphatic heterocycles. The molecule has 1 nitrogen and oxygen atoms in total. The lowest BCUT2D eigenvalue weighted by Crippen LogP contribution is -2.28. The lowest BCUT2D eigenvalue weighted by molar-refractivity contribution is 0.335. The van der Waals surface area contributed by atoms with Crippen molar-refractivity contribution in [3.8, 4) is 0 Å². The van der Waals surface area contributed by atoms with Gasteiger partial charge in [0.25, 0.3) is 0 Å².